The van der Waals surface area contributed by atoms with E-state index in [9.17, 15) is 0 Å². The molecule has 1 aliphatic rings. The predicted molar refractivity (Wildman–Crippen MR) is 85.0 cm³/mol. The summed E-state index contributed by atoms with van der Waals surface area (Å²) in [5.74, 6) is 1.95. The Morgan fingerprint density at radius 1 is 1.14 bits per heavy atom. The molecule has 1 saturated carbocycles. The van der Waals surface area contributed by atoms with Crippen molar-refractivity contribution in [1.82, 2.24) is 9.97 Å². The average molecular weight is 303 g/mol. The van der Waals surface area contributed by atoms with Crippen molar-refractivity contribution in [2.45, 2.75) is 45.6 Å². The Morgan fingerprint density at radius 3 is 2.38 bits per heavy atom. The number of aromatic nitrogens is 2. The molecule has 0 amide bonds. The highest BCUT2D eigenvalue weighted by Crippen LogP contribution is 2.31. The van der Waals surface area contributed by atoms with Crippen molar-refractivity contribution in [3.63, 3.8) is 0 Å². The normalized spacial score (nSPS) is 14.5. The first-order valence-electron chi connectivity index (χ1n) is 7.35. The molecule has 110 valence electrons. The zero-order chi connectivity index (χ0) is 15.0. The van der Waals surface area contributed by atoms with E-state index in [4.69, 9.17) is 16.3 Å². The first-order chi connectivity index (χ1) is 10.0. The second-order valence-corrected chi connectivity index (χ2v) is 6.20. The quantitative estimate of drug-likeness (QED) is 0.763. The van der Waals surface area contributed by atoms with Crippen LogP contribution in [0.1, 0.15) is 44.0 Å². The fourth-order valence-corrected chi connectivity index (χ4v) is 2.29. The predicted octanol–water partition coefficient (Wildman–Crippen LogP) is 4.77. The van der Waals surface area contributed by atoms with Crippen LogP contribution in [0, 0.1) is 6.92 Å². The van der Waals surface area contributed by atoms with Crippen LogP contribution in [0.5, 0.6) is 5.75 Å². The molecule has 1 aliphatic carbocycles. The minimum Gasteiger partial charge on any atom is -0.490 e. The van der Waals surface area contributed by atoms with Crippen molar-refractivity contribution >= 4 is 11.6 Å². The zero-order valence-corrected chi connectivity index (χ0v) is 13.3. The van der Waals surface area contributed by atoms with Crippen LogP contribution in [0.2, 0.25) is 5.15 Å². The molecular formula is C17H19ClN2O. The third-order valence-electron chi connectivity index (χ3n) is 3.57. The lowest BCUT2D eigenvalue weighted by Gasteiger charge is -2.12. The van der Waals surface area contributed by atoms with Gasteiger partial charge in [0.15, 0.2) is 0 Å². The summed E-state index contributed by atoms with van der Waals surface area (Å²) in [5.41, 5.74) is 2.86. The minimum absolute atomic E-state index is 0.249. The summed E-state index contributed by atoms with van der Waals surface area (Å²) in [6, 6.07) is 8.07. The van der Waals surface area contributed by atoms with Gasteiger partial charge in [-0.2, -0.15) is 0 Å². The fourth-order valence-electron chi connectivity index (χ4n) is 2.11. The molecule has 1 aromatic carbocycles. The van der Waals surface area contributed by atoms with E-state index in [1.165, 1.54) is 12.8 Å². The Hall–Kier alpha value is -1.61. The maximum atomic E-state index is 6.25. The Bertz CT molecular complexity index is 649. The van der Waals surface area contributed by atoms with Gasteiger partial charge in [0.05, 0.1) is 11.8 Å². The van der Waals surface area contributed by atoms with E-state index in [1.807, 2.05) is 31.2 Å². The van der Waals surface area contributed by atoms with Crippen molar-refractivity contribution in [2.75, 3.05) is 0 Å². The monoisotopic (exact) mass is 302 g/mol. The molecule has 4 heteroatoms. The molecule has 0 radical (unpaired) electrons. The van der Waals surface area contributed by atoms with E-state index < -0.39 is 0 Å². The molecule has 1 fully saturated rings. The molecule has 21 heavy (non-hydrogen) atoms. The number of hydrogen-bond acceptors (Lipinski definition) is 3. The van der Waals surface area contributed by atoms with E-state index in [0.29, 0.717) is 11.3 Å². The van der Waals surface area contributed by atoms with Gasteiger partial charge >= 0.3 is 0 Å². The molecule has 2 aromatic rings. The van der Waals surface area contributed by atoms with Crippen LogP contribution in [0.4, 0.5) is 0 Å². The summed E-state index contributed by atoms with van der Waals surface area (Å²) in [7, 11) is 0. The average Bonchev–Trinajstić information content (AvgIpc) is 3.26. The van der Waals surface area contributed by atoms with E-state index in [-0.39, 0.29) is 5.92 Å². The van der Waals surface area contributed by atoms with E-state index in [0.717, 1.165) is 28.4 Å². The van der Waals surface area contributed by atoms with Gasteiger partial charge in [-0.05, 0) is 44.0 Å². The van der Waals surface area contributed by atoms with Crippen molar-refractivity contribution in [3.05, 3.63) is 40.8 Å². The summed E-state index contributed by atoms with van der Waals surface area (Å²) < 4.78 is 5.77. The maximum absolute atomic E-state index is 6.25. The van der Waals surface area contributed by atoms with Gasteiger partial charge in [0.2, 0.25) is 0 Å². The van der Waals surface area contributed by atoms with Gasteiger partial charge in [-0.25, -0.2) is 9.97 Å². The number of halogens is 1. The molecule has 0 spiro atoms. The summed E-state index contributed by atoms with van der Waals surface area (Å²) >= 11 is 6.25. The van der Waals surface area contributed by atoms with Crippen LogP contribution in [-0.2, 0) is 0 Å². The minimum atomic E-state index is 0.249. The van der Waals surface area contributed by atoms with Gasteiger partial charge in [0.1, 0.15) is 16.7 Å². The smallest absolute Gasteiger partial charge is 0.136 e. The first-order valence-corrected chi connectivity index (χ1v) is 7.73. The summed E-state index contributed by atoms with van der Waals surface area (Å²) in [4.78, 5) is 9.02. The van der Waals surface area contributed by atoms with Gasteiger partial charge in [0.25, 0.3) is 0 Å². The lowest BCUT2D eigenvalue weighted by atomic mass is 10.1. The number of hydrogen-bond donors (Lipinski definition) is 0. The summed E-state index contributed by atoms with van der Waals surface area (Å²) in [5, 5.41) is 0.530. The van der Waals surface area contributed by atoms with Crippen LogP contribution in [-0.4, -0.2) is 16.1 Å². The highest BCUT2D eigenvalue weighted by atomic mass is 35.5. The van der Waals surface area contributed by atoms with Crippen LogP contribution in [0.25, 0.3) is 11.3 Å². The second-order valence-electron chi connectivity index (χ2n) is 5.84. The zero-order valence-electron chi connectivity index (χ0n) is 12.6. The van der Waals surface area contributed by atoms with Gasteiger partial charge in [-0.1, -0.05) is 25.4 Å². The van der Waals surface area contributed by atoms with Gasteiger partial charge in [0, 0.05) is 17.0 Å². The van der Waals surface area contributed by atoms with E-state index in [1.54, 1.807) is 0 Å². The van der Waals surface area contributed by atoms with Gasteiger partial charge in [-0.15, -0.1) is 0 Å². The number of ether oxygens (including phenoxy) is 1. The third-order valence-corrected chi connectivity index (χ3v) is 3.94. The van der Waals surface area contributed by atoms with Crippen molar-refractivity contribution in [1.29, 1.82) is 0 Å². The van der Waals surface area contributed by atoms with Crippen molar-refractivity contribution in [3.8, 4) is 17.0 Å². The van der Waals surface area contributed by atoms with E-state index >= 15 is 0 Å². The lowest BCUT2D eigenvalue weighted by molar-refractivity contribution is 0.303. The molecule has 0 saturated heterocycles. The Labute approximate surface area is 130 Å². The number of nitrogens with zero attached hydrogens (tertiary/aromatic N) is 2. The van der Waals surface area contributed by atoms with Crippen LogP contribution < -0.4 is 4.74 Å². The highest BCUT2D eigenvalue weighted by molar-refractivity contribution is 6.30. The van der Waals surface area contributed by atoms with Crippen LogP contribution in [0.15, 0.2) is 24.3 Å². The lowest BCUT2D eigenvalue weighted by Crippen LogP contribution is -2.02. The molecule has 0 aliphatic heterocycles. The van der Waals surface area contributed by atoms with Crippen LogP contribution in [0.3, 0.4) is 0 Å². The molecule has 0 atom stereocenters. The van der Waals surface area contributed by atoms with Crippen molar-refractivity contribution in [2.24, 2.45) is 0 Å². The van der Waals surface area contributed by atoms with Crippen molar-refractivity contribution < 1.29 is 4.74 Å². The van der Waals surface area contributed by atoms with Gasteiger partial charge in [-0.3, -0.25) is 0 Å². The second kappa shape index (κ2) is 5.64. The van der Waals surface area contributed by atoms with E-state index in [2.05, 4.69) is 23.8 Å². The third kappa shape index (κ3) is 3.18. The molecule has 3 nitrogen and oxygen atoms in total. The molecule has 0 unspecified atom stereocenters. The molecule has 0 N–H and O–H groups in total. The summed E-state index contributed by atoms with van der Waals surface area (Å²) in [6.45, 7) is 6.09. The largest absolute Gasteiger partial charge is 0.490 e. The molecule has 0 bridgehead atoms. The van der Waals surface area contributed by atoms with Crippen LogP contribution >= 0.6 is 11.6 Å². The maximum Gasteiger partial charge on any atom is 0.136 e. The topological polar surface area (TPSA) is 35.0 Å². The highest BCUT2D eigenvalue weighted by Gasteiger charge is 2.23. The fraction of sp³-hybridized carbons (Fsp3) is 0.412. The Morgan fingerprint density at radius 2 is 1.81 bits per heavy atom. The molecule has 1 aromatic heterocycles. The number of rotatable bonds is 4. The molecular weight excluding hydrogens is 284 g/mol. The number of benzene rings is 1. The summed E-state index contributed by atoms with van der Waals surface area (Å²) in [6.07, 6.45) is 2.75. The standard InChI is InChI=1S/C17H19ClN2O/c1-10(2)17-19-15(11(3)16(18)20-17)12-4-6-13(7-5-12)21-14-8-9-14/h4-7,10,14H,8-9H2,1-3H3. The molecule has 3 rings (SSSR count). The van der Waals surface area contributed by atoms with Gasteiger partial charge < -0.3 is 4.74 Å². The molecule has 1 heterocycles. The SMILES string of the molecule is Cc1c(Cl)nc(C(C)C)nc1-c1ccc(OC2CC2)cc1. The Balaban J connectivity index is 1.94. The first kappa shape index (κ1) is 14.3. The Kier molecular flexibility index (Phi) is 3.85.